The van der Waals surface area contributed by atoms with Gasteiger partial charge in [-0.05, 0) is 56.8 Å². The van der Waals surface area contributed by atoms with Crippen molar-refractivity contribution < 1.29 is 0 Å². The fraction of sp³-hybridized carbons (Fsp3) is 0.667. The maximum atomic E-state index is 3.48. The lowest BCUT2D eigenvalue weighted by molar-refractivity contribution is 0.247. The molecule has 0 saturated carbocycles. The SMILES string of the molecule is CNC(CN1CCCC(C(C)C)CC1)c1ccccc1. The molecule has 2 unspecified atom stereocenters. The molecule has 0 aliphatic carbocycles. The van der Waals surface area contributed by atoms with Gasteiger partial charge in [0, 0.05) is 12.6 Å². The molecular weight excluding hydrogens is 244 g/mol. The lowest BCUT2D eigenvalue weighted by Gasteiger charge is -2.26. The zero-order valence-corrected chi connectivity index (χ0v) is 13.3. The van der Waals surface area contributed by atoms with E-state index in [1.807, 2.05) is 0 Å². The summed E-state index contributed by atoms with van der Waals surface area (Å²) in [4.78, 5) is 2.65. The Morgan fingerprint density at radius 3 is 2.55 bits per heavy atom. The molecule has 0 spiro atoms. The summed E-state index contributed by atoms with van der Waals surface area (Å²) in [7, 11) is 2.08. The van der Waals surface area contributed by atoms with E-state index in [0.717, 1.165) is 18.4 Å². The van der Waals surface area contributed by atoms with E-state index >= 15 is 0 Å². The van der Waals surface area contributed by atoms with Crippen LogP contribution in [-0.4, -0.2) is 31.6 Å². The third-order valence-electron chi connectivity index (χ3n) is 4.80. The second kappa shape index (κ2) is 7.80. The van der Waals surface area contributed by atoms with E-state index in [4.69, 9.17) is 0 Å². The number of nitrogens with one attached hydrogen (secondary N) is 1. The third-order valence-corrected chi connectivity index (χ3v) is 4.80. The van der Waals surface area contributed by atoms with Gasteiger partial charge in [-0.15, -0.1) is 0 Å². The summed E-state index contributed by atoms with van der Waals surface area (Å²) in [5, 5.41) is 3.48. The number of rotatable bonds is 5. The topological polar surface area (TPSA) is 15.3 Å². The summed E-state index contributed by atoms with van der Waals surface area (Å²) in [6.07, 6.45) is 4.13. The van der Waals surface area contributed by atoms with E-state index in [0.29, 0.717) is 6.04 Å². The van der Waals surface area contributed by atoms with Gasteiger partial charge >= 0.3 is 0 Å². The highest BCUT2D eigenvalue weighted by Crippen LogP contribution is 2.25. The van der Waals surface area contributed by atoms with E-state index in [2.05, 4.69) is 61.4 Å². The molecule has 0 amide bonds. The highest BCUT2D eigenvalue weighted by molar-refractivity contribution is 5.19. The number of hydrogen-bond donors (Lipinski definition) is 1. The third kappa shape index (κ3) is 4.32. The molecule has 1 aliphatic rings. The van der Waals surface area contributed by atoms with Crippen LogP contribution in [0.15, 0.2) is 30.3 Å². The number of hydrogen-bond acceptors (Lipinski definition) is 2. The Morgan fingerprint density at radius 1 is 1.15 bits per heavy atom. The van der Waals surface area contributed by atoms with Crippen LogP contribution >= 0.6 is 0 Å². The average molecular weight is 274 g/mol. The van der Waals surface area contributed by atoms with Crippen LogP contribution in [0.25, 0.3) is 0 Å². The first-order valence-corrected chi connectivity index (χ1v) is 8.15. The number of nitrogens with zero attached hydrogens (tertiary/aromatic N) is 1. The van der Waals surface area contributed by atoms with Crippen LogP contribution in [0.3, 0.4) is 0 Å². The normalized spacial score (nSPS) is 22.7. The van der Waals surface area contributed by atoms with Crippen LogP contribution in [0.2, 0.25) is 0 Å². The fourth-order valence-corrected chi connectivity index (χ4v) is 3.34. The van der Waals surface area contributed by atoms with Crippen LogP contribution in [0.5, 0.6) is 0 Å². The predicted octanol–water partition coefficient (Wildman–Crippen LogP) is 3.71. The second-order valence-corrected chi connectivity index (χ2v) is 6.49. The van der Waals surface area contributed by atoms with Gasteiger partial charge in [-0.25, -0.2) is 0 Å². The zero-order valence-electron chi connectivity index (χ0n) is 13.3. The van der Waals surface area contributed by atoms with Crippen molar-refractivity contribution >= 4 is 0 Å². The summed E-state index contributed by atoms with van der Waals surface area (Å²) in [5.41, 5.74) is 1.40. The van der Waals surface area contributed by atoms with E-state index in [9.17, 15) is 0 Å². The van der Waals surface area contributed by atoms with Crippen molar-refractivity contribution in [1.29, 1.82) is 0 Å². The minimum atomic E-state index is 0.451. The first-order valence-electron chi connectivity index (χ1n) is 8.15. The Kier molecular flexibility index (Phi) is 6.06. The van der Waals surface area contributed by atoms with Gasteiger partial charge in [-0.1, -0.05) is 44.2 Å². The van der Waals surface area contributed by atoms with Gasteiger partial charge in [-0.3, -0.25) is 0 Å². The molecule has 0 radical (unpaired) electrons. The van der Waals surface area contributed by atoms with Gasteiger partial charge in [0.25, 0.3) is 0 Å². The summed E-state index contributed by atoms with van der Waals surface area (Å²) < 4.78 is 0. The van der Waals surface area contributed by atoms with Gasteiger partial charge in [0.2, 0.25) is 0 Å². The van der Waals surface area contributed by atoms with Crippen molar-refractivity contribution in [1.82, 2.24) is 10.2 Å². The molecule has 1 aliphatic heterocycles. The molecule has 2 rings (SSSR count). The summed E-state index contributed by atoms with van der Waals surface area (Å²) in [6.45, 7) is 8.40. The summed E-state index contributed by atoms with van der Waals surface area (Å²) in [5.74, 6) is 1.76. The molecule has 1 N–H and O–H groups in total. The molecule has 1 aromatic rings. The van der Waals surface area contributed by atoms with Crippen molar-refractivity contribution in [3.63, 3.8) is 0 Å². The minimum absolute atomic E-state index is 0.451. The summed E-state index contributed by atoms with van der Waals surface area (Å²) >= 11 is 0. The molecule has 2 atom stereocenters. The van der Waals surface area contributed by atoms with Crippen LogP contribution < -0.4 is 5.32 Å². The maximum absolute atomic E-state index is 3.48. The van der Waals surface area contributed by atoms with Gasteiger partial charge in [0.15, 0.2) is 0 Å². The fourth-order valence-electron chi connectivity index (χ4n) is 3.34. The van der Waals surface area contributed by atoms with Crippen molar-refractivity contribution in [2.45, 2.75) is 39.2 Å². The number of likely N-dealkylation sites (N-methyl/N-ethyl adjacent to an activating group) is 1. The number of likely N-dealkylation sites (tertiary alicyclic amines) is 1. The lowest BCUT2D eigenvalue weighted by atomic mass is 9.89. The Bertz CT molecular complexity index is 374. The highest BCUT2D eigenvalue weighted by Gasteiger charge is 2.21. The van der Waals surface area contributed by atoms with Gasteiger partial charge in [0.1, 0.15) is 0 Å². The highest BCUT2D eigenvalue weighted by atomic mass is 15.1. The molecule has 1 aromatic carbocycles. The Labute approximate surface area is 124 Å². The Morgan fingerprint density at radius 2 is 1.90 bits per heavy atom. The van der Waals surface area contributed by atoms with E-state index in [1.165, 1.54) is 37.9 Å². The van der Waals surface area contributed by atoms with Crippen LogP contribution in [0.4, 0.5) is 0 Å². The molecule has 1 saturated heterocycles. The molecule has 0 bridgehead atoms. The van der Waals surface area contributed by atoms with Crippen LogP contribution in [0.1, 0.15) is 44.7 Å². The van der Waals surface area contributed by atoms with Gasteiger partial charge in [-0.2, -0.15) is 0 Å². The monoisotopic (exact) mass is 274 g/mol. The average Bonchev–Trinajstić information content (AvgIpc) is 2.71. The molecular formula is C18H30N2. The largest absolute Gasteiger partial charge is 0.312 e. The smallest absolute Gasteiger partial charge is 0.0446 e. The van der Waals surface area contributed by atoms with Crippen molar-refractivity contribution in [3.8, 4) is 0 Å². The van der Waals surface area contributed by atoms with E-state index in [-0.39, 0.29) is 0 Å². The molecule has 0 aromatic heterocycles. The summed E-state index contributed by atoms with van der Waals surface area (Å²) in [6, 6.07) is 11.3. The first kappa shape index (κ1) is 15.5. The van der Waals surface area contributed by atoms with E-state index in [1.54, 1.807) is 0 Å². The molecule has 1 fully saturated rings. The quantitative estimate of drug-likeness (QED) is 0.880. The minimum Gasteiger partial charge on any atom is -0.312 e. The number of benzene rings is 1. The van der Waals surface area contributed by atoms with Crippen molar-refractivity contribution in [3.05, 3.63) is 35.9 Å². The van der Waals surface area contributed by atoms with Gasteiger partial charge < -0.3 is 10.2 Å². The zero-order chi connectivity index (χ0) is 14.4. The van der Waals surface area contributed by atoms with Crippen LogP contribution in [0, 0.1) is 11.8 Å². The Balaban J connectivity index is 1.91. The molecule has 2 heteroatoms. The predicted molar refractivity (Wildman–Crippen MR) is 86.9 cm³/mol. The maximum Gasteiger partial charge on any atom is 0.0446 e. The van der Waals surface area contributed by atoms with Crippen molar-refractivity contribution in [2.75, 3.05) is 26.7 Å². The lowest BCUT2D eigenvalue weighted by Crippen LogP contribution is -2.34. The second-order valence-electron chi connectivity index (χ2n) is 6.49. The van der Waals surface area contributed by atoms with E-state index < -0.39 is 0 Å². The molecule has 20 heavy (non-hydrogen) atoms. The molecule has 112 valence electrons. The molecule has 2 nitrogen and oxygen atoms in total. The Hall–Kier alpha value is -0.860. The van der Waals surface area contributed by atoms with Gasteiger partial charge in [0.05, 0.1) is 0 Å². The molecule has 1 heterocycles. The first-order chi connectivity index (χ1) is 9.70. The standard InChI is InChI=1S/C18H30N2/c1-15(2)16-10-7-12-20(13-11-16)14-18(19-3)17-8-5-4-6-9-17/h4-6,8-9,15-16,18-19H,7,10-14H2,1-3H3. The van der Waals surface area contributed by atoms with Crippen molar-refractivity contribution in [2.24, 2.45) is 11.8 Å². The van der Waals surface area contributed by atoms with Crippen LogP contribution in [-0.2, 0) is 0 Å².